The van der Waals surface area contributed by atoms with Gasteiger partial charge in [0.15, 0.2) is 0 Å². The minimum Gasteiger partial charge on any atom is -0.346 e. The fourth-order valence-electron chi connectivity index (χ4n) is 1.30. The molecule has 0 aliphatic rings. The van der Waals surface area contributed by atoms with E-state index in [0.717, 1.165) is 12.1 Å². The molecule has 1 amide bonds. The molecule has 0 atom stereocenters. The number of rotatable bonds is 4. The number of carbonyl (C=O) groups is 1. The molecule has 0 aliphatic heterocycles. The molecule has 0 unspecified atom stereocenters. The third-order valence-corrected chi connectivity index (χ3v) is 2.35. The maximum atomic E-state index is 13.5. The first-order valence-electron chi connectivity index (χ1n) is 5.30. The Morgan fingerprint density at radius 1 is 1.20 bits per heavy atom. The highest BCUT2D eigenvalue weighted by Gasteiger charge is 2.36. The molecule has 112 valence electrons. The third kappa shape index (κ3) is 3.86. The lowest BCUT2D eigenvalue weighted by Crippen LogP contribution is -2.41. The van der Waals surface area contributed by atoms with Crippen molar-refractivity contribution in [1.82, 2.24) is 5.32 Å². The predicted molar refractivity (Wildman–Crippen MR) is 57.7 cm³/mol. The molecule has 1 aromatic carbocycles. The zero-order valence-corrected chi connectivity index (χ0v) is 9.90. The van der Waals surface area contributed by atoms with Gasteiger partial charge in [0.25, 0.3) is 11.8 Å². The molecular formula is C11H10F6N2O. The van der Waals surface area contributed by atoms with Crippen molar-refractivity contribution < 1.29 is 31.1 Å². The van der Waals surface area contributed by atoms with E-state index >= 15 is 0 Å². The standard InChI is InChI=1S/C11H10F6N2O/c12-8-6(2-1-3-7(8)11(15,16)17)9(20)19-5-10(13,14)4-18/h1-3H,4-5,18H2,(H,19,20). The van der Waals surface area contributed by atoms with Gasteiger partial charge >= 0.3 is 6.18 Å². The van der Waals surface area contributed by atoms with Crippen LogP contribution in [0, 0.1) is 5.82 Å². The minimum absolute atomic E-state index is 0.445. The Hall–Kier alpha value is -1.77. The van der Waals surface area contributed by atoms with Gasteiger partial charge in [0.05, 0.1) is 24.2 Å². The van der Waals surface area contributed by atoms with E-state index in [4.69, 9.17) is 5.73 Å². The van der Waals surface area contributed by atoms with Gasteiger partial charge in [0.2, 0.25) is 0 Å². The van der Waals surface area contributed by atoms with Gasteiger partial charge in [-0.1, -0.05) is 6.07 Å². The van der Waals surface area contributed by atoms with Crippen LogP contribution in [-0.4, -0.2) is 24.9 Å². The largest absolute Gasteiger partial charge is 0.419 e. The summed E-state index contributed by atoms with van der Waals surface area (Å²) in [4.78, 5) is 11.4. The average Bonchev–Trinajstić information content (AvgIpc) is 2.35. The van der Waals surface area contributed by atoms with Crippen LogP contribution >= 0.6 is 0 Å². The molecule has 1 aromatic rings. The van der Waals surface area contributed by atoms with E-state index < -0.39 is 48.0 Å². The van der Waals surface area contributed by atoms with E-state index in [1.165, 1.54) is 0 Å². The first-order valence-corrected chi connectivity index (χ1v) is 5.30. The lowest BCUT2D eigenvalue weighted by atomic mass is 10.1. The van der Waals surface area contributed by atoms with E-state index in [0.29, 0.717) is 6.07 Å². The number of carbonyl (C=O) groups excluding carboxylic acids is 1. The van der Waals surface area contributed by atoms with Crippen LogP contribution in [0.5, 0.6) is 0 Å². The quantitative estimate of drug-likeness (QED) is 0.837. The molecule has 9 heteroatoms. The number of nitrogens with one attached hydrogen (secondary N) is 1. The van der Waals surface area contributed by atoms with Gasteiger partial charge in [0, 0.05) is 0 Å². The maximum absolute atomic E-state index is 13.5. The Morgan fingerprint density at radius 2 is 1.80 bits per heavy atom. The summed E-state index contributed by atoms with van der Waals surface area (Å²) in [5, 5.41) is 1.63. The van der Waals surface area contributed by atoms with Crippen molar-refractivity contribution in [3.63, 3.8) is 0 Å². The van der Waals surface area contributed by atoms with E-state index in [2.05, 4.69) is 0 Å². The van der Waals surface area contributed by atoms with Gasteiger partial charge in [-0.25, -0.2) is 13.2 Å². The van der Waals surface area contributed by atoms with Gasteiger partial charge in [-0.3, -0.25) is 4.79 Å². The minimum atomic E-state index is -4.98. The Bertz CT molecular complexity index is 500. The molecule has 0 aromatic heterocycles. The van der Waals surface area contributed by atoms with E-state index in [9.17, 15) is 31.1 Å². The van der Waals surface area contributed by atoms with E-state index in [1.807, 2.05) is 0 Å². The van der Waals surface area contributed by atoms with Crippen LogP contribution in [0.2, 0.25) is 0 Å². The van der Waals surface area contributed by atoms with Crippen LogP contribution in [0.3, 0.4) is 0 Å². The van der Waals surface area contributed by atoms with Crippen molar-refractivity contribution in [1.29, 1.82) is 0 Å². The lowest BCUT2D eigenvalue weighted by molar-refractivity contribution is -0.140. The number of halogens is 6. The summed E-state index contributed by atoms with van der Waals surface area (Å²) in [6.45, 7) is -2.25. The summed E-state index contributed by atoms with van der Waals surface area (Å²) in [5.74, 6) is -6.61. The zero-order chi connectivity index (χ0) is 15.6. The maximum Gasteiger partial charge on any atom is 0.419 e. The molecule has 0 radical (unpaired) electrons. The molecule has 0 saturated carbocycles. The summed E-state index contributed by atoms with van der Waals surface area (Å²) >= 11 is 0. The Labute approximate surface area is 109 Å². The highest BCUT2D eigenvalue weighted by molar-refractivity contribution is 5.94. The smallest absolute Gasteiger partial charge is 0.346 e. The lowest BCUT2D eigenvalue weighted by Gasteiger charge is -2.15. The number of amides is 1. The summed E-state index contributed by atoms with van der Waals surface area (Å²) in [5.41, 5.74) is 2.11. The Kier molecular flexibility index (Phi) is 4.64. The molecule has 0 heterocycles. The van der Waals surface area contributed by atoms with Gasteiger partial charge in [-0.15, -0.1) is 0 Å². The second kappa shape index (κ2) is 5.70. The third-order valence-electron chi connectivity index (χ3n) is 2.35. The predicted octanol–water partition coefficient (Wildman–Crippen LogP) is 2.17. The van der Waals surface area contributed by atoms with Crippen LogP contribution in [0.15, 0.2) is 18.2 Å². The van der Waals surface area contributed by atoms with Crippen LogP contribution in [0.1, 0.15) is 15.9 Å². The number of benzene rings is 1. The van der Waals surface area contributed by atoms with Crippen molar-refractivity contribution in [3.05, 3.63) is 35.1 Å². The molecule has 1 rings (SSSR count). The fourth-order valence-corrected chi connectivity index (χ4v) is 1.30. The normalized spacial score (nSPS) is 12.3. The van der Waals surface area contributed by atoms with Gasteiger partial charge in [-0.2, -0.15) is 13.2 Å². The Balaban J connectivity index is 2.95. The summed E-state index contributed by atoms with van der Waals surface area (Å²) in [7, 11) is 0. The van der Waals surface area contributed by atoms with E-state index in [1.54, 1.807) is 5.32 Å². The molecule has 3 nitrogen and oxygen atoms in total. The van der Waals surface area contributed by atoms with Crippen LogP contribution in [0.4, 0.5) is 26.3 Å². The Morgan fingerprint density at radius 3 is 2.30 bits per heavy atom. The molecule has 0 fully saturated rings. The second-order valence-corrected chi connectivity index (χ2v) is 3.91. The number of hydrogen-bond acceptors (Lipinski definition) is 2. The van der Waals surface area contributed by atoms with Crippen molar-refractivity contribution in [2.75, 3.05) is 13.1 Å². The highest BCUT2D eigenvalue weighted by atomic mass is 19.4. The van der Waals surface area contributed by atoms with Crippen molar-refractivity contribution in [2.45, 2.75) is 12.1 Å². The monoisotopic (exact) mass is 300 g/mol. The fraction of sp³-hybridized carbons (Fsp3) is 0.364. The first kappa shape index (κ1) is 16.3. The van der Waals surface area contributed by atoms with Crippen molar-refractivity contribution >= 4 is 5.91 Å². The molecule has 0 spiro atoms. The molecular weight excluding hydrogens is 290 g/mol. The SMILES string of the molecule is NCC(F)(F)CNC(=O)c1cccc(C(F)(F)F)c1F. The van der Waals surface area contributed by atoms with Crippen LogP contribution < -0.4 is 11.1 Å². The first-order chi connectivity index (χ1) is 9.08. The van der Waals surface area contributed by atoms with E-state index in [-0.39, 0.29) is 0 Å². The molecule has 0 saturated heterocycles. The molecule has 3 N–H and O–H groups in total. The highest BCUT2D eigenvalue weighted by Crippen LogP contribution is 2.32. The molecule has 0 aliphatic carbocycles. The number of hydrogen-bond donors (Lipinski definition) is 2. The average molecular weight is 300 g/mol. The zero-order valence-electron chi connectivity index (χ0n) is 9.90. The molecule has 0 bridgehead atoms. The molecule has 20 heavy (non-hydrogen) atoms. The van der Waals surface area contributed by atoms with Crippen LogP contribution in [0.25, 0.3) is 0 Å². The van der Waals surface area contributed by atoms with Crippen LogP contribution in [-0.2, 0) is 6.18 Å². The van der Waals surface area contributed by atoms with Crippen molar-refractivity contribution in [2.24, 2.45) is 5.73 Å². The van der Waals surface area contributed by atoms with Gasteiger partial charge < -0.3 is 11.1 Å². The number of nitrogens with two attached hydrogens (primary N) is 1. The van der Waals surface area contributed by atoms with Gasteiger partial charge in [0.1, 0.15) is 5.82 Å². The summed E-state index contributed by atoms with van der Waals surface area (Å²) in [6, 6.07) is 2.02. The topological polar surface area (TPSA) is 55.1 Å². The second-order valence-electron chi connectivity index (χ2n) is 3.91. The summed E-state index contributed by atoms with van der Waals surface area (Å²) in [6.07, 6.45) is -4.98. The summed E-state index contributed by atoms with van der Waals surface area (Å²) < 4.78 is 76.3. The van der Waals surface area contributed by atoms with Crippen molar-refractivity contribution in [3.8, 4) is 0 Å². The van der Waals surface area contributed by atoms with Gasteiger partial charge in [-0.05, 0) is 12.1 Å². The number of alkyl halides is 5.